The fraction of sp³-hybridized carbons (Fsp3) is 0.435. The van der Waals surface area contributed by atoms with E-state index in [2.05, 4.69) is 39.4 Å². The molecule has 3 aliphatic rings. The van der Waals surface area contributed by atoms with Gasteiger partial charge in [-0.25, -0.2) is 0 Å². The summed E-state index contributed by atoms with van der Waals surface area (Å²) in [5.41, 5.74) is 2.31. The van der Waals surface area contributed by atoms with Gasteiger partial charge in [0.1, 0.15) is 6.04 Å². The van der Waals surface area contributed by atoms with Gasteiger partial charge in [0.15, 0.2) is 11.5 Å². The number of rotatable bonds is 6. The Morgan fingerprint density at radius 2 is 1.76 bits per heavy atom. The zero-order valence-electron chi connectivity index (χ0n) is 16.5. The van der Waals surface area contributed by atoms with Crippen molar-refractivity contribution in [3.8, 4) is 11.5 Å². The molecule has 6 heteroatoms. The molecular weight excluding hydrogens is 366 g/mol. The van der Waals surface area contributed by atoms with Crippen LogP contribution in [0.5, 0.6) is 11.5 Å². The van der Waals surface area contributed by atoms with Gasteiger partial charge in [-0.1, -0.05) is 36.4 Å². The van der Waals surface area contributed by atoms with Crippen LogP contribution in [0.15, 0.2) is 48.5 Å². The van der Waals surface area contributed by atoms with E-state index < -0.39 is 0 Å². The summed E-state index contributed by atoms with van der Waals surface area (Å²) >= 11 is 0. The van der Waals surface area contributed by atoms with Crippen LogP contribution < -0.4 is 14.8 Å². The van der Waals surface area contributed by atoms with Crippen LogP contribution in [0, 0.1) is 0 Å². The number of hydrogen-bond acceptors (Lipinski definition) is 5. The van der Waals surface area contributed by atoms with Gasteiger partial charge in [-0.3, -0.25) is 14.6 Å². The van der Waals surface area contributed by atoms with Crippen LogP contribution in [-0.4, -0.2) is 54.7 Å². The van der Waals surface area contributed by atoms with Crippen molar-refractivity contribution in [3.63, 3.8) is 0 Å². The van der Waals surface area contributed by atoms with Crippen LogP contribution in [0.2, 0.25) is 0 Å². The van der Waals surface area contributed by atoms with Crippen molar-refractivity contribution in [1.29, 1.82) is 0 Å². The first-order valence-corrected chi connectivity index (χ1v) is 10.5. The molecule has 0 bridgehead atoms. The zero-order valence-corrected chi connectivity index (χ0v) is 16.5. The highest BCUT2D eigenvalue weighted by Crippen LogP contribution is 2.33. The van der Waals surface area contributed by atoms with Crippen molar-refractivity contribution >= 4 is 5.91 Å². The lowest BCUT2D eigenvalue weighted by Gasteiger charge is -2.39. The van der Waals surface area contributed by atoms with Crippen LogP contribution in [0.1, 0.15) is 30.0 Å². The number of amides is 1. The highest BCUT2D eigenvalue weighted by atomic mass is 16.7. The Labute approximate surface area is 171 Å². The maximum Gasteiger partial charge on any atom is 0.242 e. The smallest absolute Gasteiger partial charge is 0.242 e. The monoisotopic (exact) mass is 393 g/mol. The molecule has 1 amide bonds. The van der Waals surface area contributed by atoms with Gasteiger partial charge in [0.2, 0.25) is 12.7 Å². The van der Waals surface area contributed by atoms with Crippen LogP contribution in [0.4, 0.5) is 0 Å². The highest BCUT2D eigenvalue weighted by molar-refractivity contribution is 5.83. The Bertz CT molecular complexity index is 861. The molecule has 1 saturated carbocycles. The first kappa shape index (κ1) is 18.5. The van der Waals surface area contributed by atoms with E-state index in [4.69, 9.17) is 9.47 Å². The van der Waals surface area contributed by atoms with Crippen molar-refractivity contribution in [3.05, 3.63) is 59.7 Å². The van der Waals surface area contributed by atoms with Crippen LogP contribution >= 0.6 is 0 Å². The predicted octanol–water partition coefficient (Wildman–Crippen LogP) is 2.55. The Hall–Kier alpha value is -2.57. The quantitative estimate of drug-likeness (QED) is 0.818. The minimum atomic E-state index is -0.204. The molecule has 2 heterocycles. The van der Waals surface area contributed by atoms with Gasteiger partial charge in [-0.2, -0.15) is 0 Å². The summed E-state index contributed by atoms with van der Waals surface area (Å²) in [6.07, 6.45) is 2.22. The molecule has 2 aromatic rings. The third-order valence-electron chi connectivity index (χ3n) is 5.90. The van der Waals surface area contributed by atoms with Crippen LogP contribution in [0.3, 0.4) is 0 Å². The molecule has 2 aliphatic heterocycles. The third-order valence-corrected chi connectivity index (χ3v) is 5.90. The molecule has 1 aliphatic carbocycles. The van der Waals surface area contributed by atoms with E-state index in [1.165, 1.54) is 5.56 Å². The van der Waals surface area contributed by atoms with Crippen molar-refractivity contribution in [2.24, 2.45) is 0 Å². The first-order valence-electron chi connectivity index (χ1n) is 10.5. The standard InChI is InChI=1S/C23H27N3O3/c27-23(24-19-7-8-19)22(18-4-2-1-3-5-18)26-12-10-25(11-13-26)15-17-6-9-20-21(14-17)29-16-28-20/h1-6,9,14,19,22H,7-8,10-13,15-16H2,(H,24,27)/t22-/m0/s1. The van der Waals surface area contributed by atoms with E-state index in [-0.39, 0.29) is 11.9 Å². The Kier molecular flexibility index (Phi) is 5.12. The summed E-state index contributed by atoms with van der Waals surface area (Å²) in [6, 6.07) is 16.5. The molecule has 0 unspecified atom stereocenters. The average Bonchev–Trinajstić information content (AvgIpc) is 3.43. The van der Waals surface area contributed by atoms with E-state index >= 15 is 0 Å². The molecule has 29 heavy (non-hydrogen) atoms. The van der Waals surface area contributed by atoms with Gasteiger partial charge in [-0.05, 0) is 36.1 Å². The van der Waals surface area contributed by atoms with Crippen LogP contribution in [0.25, 0.3) is 0 Å². The molecule has 0 spiro atoms. The maximum absolute atomic E-state index is 13.0. The second kappa shape index (κ2) is 8.05. The Morgan fingerprint density at radius 3 is 2.52 bits per heavy atom. The number of ether oxygens (including phenoxy) is 2. The number of hydrogen-bond donors (Lipinski definition) is 1. The second-order valence-electron chi connectivity index (χ2n) is 8.10. The first-order chi connectivity index (χ1) is 14.3. The highest BCUT2D eigenvalue weighted by Gasteiger charge is 2.33. The van der Waals surface area contributed by atoms with Gasteiger partial charge in [-0.15, -0.1) is 0 Å². The lowest BCUT2D eigenvalue weighted by Crippen LogP contribution is -2.50. The van der Waals surface area contributed by atoms with E-state index in [1.807, 2.05) is 24.3 Å². The number of fused-ring (bicyclic) bond motifs is 1. The lowest BCUT2D eigenvalue weighted by atomic mass is 10.0. The molecule has 0 aromatic heterocycles. The number of piperazine rings is 1. The van der Waals surface area contributed by atoms with E-state index in [9.17, 15) is 4.79 Å². The van der Waals surface area contributed by atoms with Gasteiger partial charge in [0.05, 0.1) is 0 Å². The fourth-order valence-corrected chi connectivity index (χ4v) is 4.15. The molecule has 1 atom stereocenters. The normalized spacial score (nSPS) is 20.4. The number of carbonyl (C=O) groups is 1. The van der Waals surface area contributed by atoms with Gasteiger partial charge >= 0.3 is 0 Å². The van der Waals surface area contributed by atoms with Gasteiger partial charge in [0.25, 0.3) is 0 Å². The Balaban J connectivity index is 1.23. The van der Waals surface area contributed by atoms with Crippen molar-refractivity contribution in [1.82, 2.24) is 15.1 Å². The summed E-state index contributed by atoms with van der Waals surface area (Å²) in [6.45, 7) is 4.82. The average molecular weight is 393 g/mol. The van der Waals surface area contributed by atoms with Crippen molar-refractivity contribution < 1.29 is 14.3 Å². The van der Waals surface area contributed by atoms with Crippen LogP contribution in [-0.2, 0) is 11.3 Å². The largest absolute Gasteiger partial charge is 0.454 e. The zero-order chi connectivity index (χ0) is 19.6. The number of nitrogens with one attached hydrogen (secondary N) is 1. The summed E-state index contributed by atoms with van der Waals surface area (Å²) < 4.78 is 10.9. The SMILES string of the molecule is O=C(NC1CC1)[C@H](c1ccccc1)N1CCN(Cc2ccc3c(c2)OCO3)CC1. The lowest BCUT2D eigenvalue weighted by molar-refractivity contribution is -0.127. The summed E-state index contributed by atoms with van der Waals surface area (Å²) in [5, 5.41) is 3.20. The van der Waals surface area contributed by atoms with Gasteiger partial charge < -0.3 is 14.8 Å². The number of nitrogens with zero attached hydrogens (tertiary/aromatic N) is 2. The molecule has 152 valence electrons. The fourth-order valence-electron chi connectivity index (χ4n) is 4.15. The molecule has 1 saturated heterocycles. The van der Waals surface area contributed by atoms with E-state index in [0.717, 1.165) is 62.6 Å². The predicted molar refractivity (Wildman–Crippen MR) is 110 cm³/mol. The molecule has 2 aromatic carbocycles. The third kappa shape index (κ3) is 4.23. The molecule has 6 nitrogen and oxygen atoms in total. The number of benzene rings is 2. The molecular formula is C23H27N3O3. The number of carbonyl (C=O) groups excluding carboxylic acids is 1. The van der Waals surface area contributed by atoms with Crippen molar-refractivity contribution in [2.75, 3.05) is 33.0 Å². The topological polar surface area (TPSA) is 54.0 Å². The Morgan fingerprint density at radius 1 is 1.00 bits per heavy atom. The molecule has 0 radical (unpaired) electrons. The summed E-state index contributed by atoms with van der Waals surface area (Å²) in [7, 11) is 0. The van der Waals surface area contributed by atoms with E-state index in [1.54, 1.807) is 0 Å². The molecule has 5 rings (SSSR count). The summed E-state index contributed by atoms with van der Waals surface area (Å²) in [5.74, 6) is 1.80. The minimum absolute atomic E-state index is 0.142. The second-order valence-corrected chi connectivity index (χ2v) is 8.10. The molecule has 1 N–H and O–H groups in total. The summed E-state index contributed by atoms with van der Waals surface area (Å²) in [4.78, 5) is 17.7. The van der Waals surface area contributed by atoms with Crippen molar-refractivity contribution in [2.45, 2.75) is 31.5 Å². The minimum Gasteiger partial charge on any atom is -0.454 e. The molecule has 2 fully saturated rings. The maximum atomic E-state index is 13.0. The van der Waals surface area contributed by atoms with E-state index in [0.29, 0.717) is 12.8 Å². The van der Waals surface area contributed by atoms with Gasteiger partial charge in [0, 0.05) is 38.8 Å².